The van der Waals surface area contributed by atoms with Crippen LogP contribution in [0.25, 0.3) is 5.65 Å². The van der Waals surface area contributed by atoms with Gasteiger partial charge < -0.3 is 14.8 Å². The van der Waals surface area contributed by atoms with Crippen molar-refractivity contribution in [3.63, 3.8) is 0 Å². The van der Waals surface area contributed by atoms with Gasteiger partial charge in [0.15, 0.2) is 0 Å². The van der Waals surface area contributed by atoms with Gasteiger partial charge in [-0.1, -0.05) is 31.3 Å². The van der Waals surface area contributed by atoms with Gasteiger partial charge in [0.25, 0.3) is 6.47 Å². The zero-order valence-electron chi connectivity index (χ0n) is 17.5. The van der Waals surface area contributed by atoms with Gasteiger partial charge in [0, 0.05) is 25.1 Å². The van der Waals surface area contributed by atoms with E-state index in [1.54, 1.807) is 11.1 Å². The fourth-order valence-electron chi connectivity index (χ4n) is 3.29. The number of nitrogens with zero attached hydrogens (tertiary/aromatic N) is 5. The number of fused-ring (bicyclic) bond motifs is 1. The van der Waals surface area contributed by atoms with Crippen LogP contribution >= 0.6 is 11.3 Å². The Bertz CT molecular complexity index is 1090. The molecule has 0 saturated carbocycles. The maximum absolute atomic E-state index is 12.6. The van der Waals surface area contributed by atoms with E-state index in [1.807, 2.05) is 43.5 Å². The summed E-state index contributed by atoms with van der Waals surface area (Å²) in [4.78, 5) is 39.4. The van der Waals surface area contributed by atoms with Crippen LogP contribution in [-0.2, 0) is 20.9 Å². The molecule has 0 radical (unpaired) electrons. The van der Waals surface area contributed by atoms with Crippen LogP contribution in [0.2, 0.25) is 0 Å². The van der Waals surface area contributed by atoms with Gasteiger partial charge >= 0.3 is 0 Å². The number of carbonyl (C=O) groups is 3. The maximum atomic E-state index is 12.6. The van der Waals surface area contributed by atoms with Gasteiger partial charge in [0.05, 0.1) is 24.4 Å². The van der Waals surface area contributed by atoms with Gasteiger partial charge in [0.1, 0.15) is 10.7 Å². The number of anilines is 1. The molecule has 164 valence electrons. The molecule has 0 spiro atoms. The highest BCUT2D eigenvalue weighted by Crippen LogP contribution is 2.30. The lowest BCUT2D eigenvalue weighted by Crippen LogP contribution is -2.32. The minimum absolute atomic E-state index is 0.0861. The zero-order valence-corrected chi connectivity index (χ0v) is 18.3. The number of aryl methyl sites for hydroxylation is 1. The molecule has 1 fully saturated rings. The molecule has 1 unspecified atom stereocenters. The van der Waals surface area contributed by atoms with Gasteiger partial charge in [-0.2, -0.15) is 0 Å². The monoisotopic (exact) mass is 444 g/mol. The number of carbonyl (C=O) groups excluding carboxylic acids is 2. The van der Waals surface area contributed by atoms with Crippen LogP contribution in [0.15, 0.2) is 24.5 Å². The molecule has 2 N–H and O–H groups in total. The lowest BCUT2D eigenvalue weighted by atomic mass is 10.1. The smallest absolute Gasteiger partial charge is 0.290 e. The number of hydrogen-bond donors (Lipinski definition) is 2. The van der Waals surface area contributed by atoms with Crippen molar-refractivity contribution in [1.82, 2.24) is 24.9 Å². The first-order valence-electron chi connectivity index (χ1n) is 9.76. The molecular formula is C20H24N6O4S. The van der Waals surface area contributed by atoms with E-state index < -0.39 is 0 Å². The second-order valence-corrected chi connectivity index (χ2v) is 8.43. The van der Waals surface area contributed by atoms with E-state index in [-0.39, 0.29) is 36.5 Å². The molecule has 1 atom stereocenters. The molecule has 3 aromatic rings. The van der Waals surface area contributed by atoms with Crippen molar-refractivity contribution in [2.24, 2.45) is 5.92 Å². The summed E-state index contributed by atoms with van der Waals surface area (Å²) in [5, 5.41) is 19.5. The molecule has 1 aliphatic rings. The number of amides is 2. The van der Waals surface area contributed by atoms with E-state index in [0.29, 0.717) is 18.2 Å². The Morgan fingerprint density at radius 2 is 2.16 bits per heavy atom. The number of aromatic nitrogens is 4. The molecule has 3 aromatic heterocycles. The summed E-state index contributed by atoms with van der Waals surface area (Å²) < 4.78 is 1.97. The summed E-state index contributed by atoms with van der Waals surface area (Å²) in [5.41, 5.74) is 2.86. The highest BCUT2D eigenvalue weighted by atomic mass is 32.1. The zero-order chi connectivity index (χ0) is 22.5. The number of rotatable bonds is 5. The van der Waals surface area contributed by atoms with Crippen LogP contribution in [0.3, 0.4) is 0 Å². The van der Waals surface area contributed by atoms with Crippen molar-refractivity contribution in [2.45, 2.75) is 39.7 Å². The second-order valence-electron chi connectivity index (χ2n) is 7.44. The Kier molecular flexibility index (Phi) is 6.95. The first-order valence-corrected chi connectivity index (χ1v) is 10.6. The summed E-state index contributed by atoms with van der Waals surface area (Å²) >= 11 is 1.41. The van der Waals surface area contributed by atoms with Crippen molar-refractivity contribution in [1.29, 1.82) is 0 Å². The Labute approximate surface area is 182 Å². The van der Waals surface area contributed by atoms with Gasteiger partial charge in [-0.3, -0.25) is 19.3 Å². The van der Waals surface area contributed by atoms with Crippen molar-refractivity contribution in [3.05, 3.63) is 40.8 Å². The standard InChI is InChI=1S/C19H22N6O2S.CH2O2/c1-11(2)18-22-23-19(28-18)25-10-13(7-15(25)26)17(27)21-9-14-8-20-16-12(3)5-4-6-24(14)16;2-1-3/h4-6,8,11,13H,7,9-10H2,1-3H3,(H,21,27);1H,(H,2,3). The molecule has 31 heavy (non-hydrogen) atoms. The average molecular weight is 445 g/mol. The quantitative estimate of drug-likeness (QED) is 0.576. The van der Waals surface area contributed by atoms with Crippen LogP contribution < -0.4 is 10.2 Å². The van der Waals surface area contributed by atoms with Crippen molar-refractivity contribution < 1.29 is 19.5 Å². The second kappa shape index (κ2) is 9.65. The molecule has 0 aliphatic carbocycles. The number of carboxylic acid groups (broad SMARTS) is 1. The molecular weight excluding hydrogens is 420 g/mol. The fourth-order valence-corrected chi connectivity index (χ4v) is 4.16. The summed E-state index contributed by atoms with van der Waals surface area (Å²) in [6, 6.07) is 3.96. The molecule has 1 aliphatic heterocycles. The van der Waals surface area contributed by atoms with Crippen LogP contribution in [0.1, 0.15) is 42.5 Å². The van der Waals surface area contributed by atoms with Crippen LogP contribution in [0.5, 0.6) is 0 Å². The van der Waals surface area contributed by atoms with E-state index in [1.165, 1.54) is 11.3 Å². The lowest BCUT2D eigenvalue weighted by Gasteiger charge is -2.12. The van der Waals surface area contributed by atoms with Crippen molar-refractivity contribution >= 4 is 40.4 Å². The maximum Gasteiger partial charge on any atom is 0.290 e. The summed E-state index contributed by atoms with van der Waals surface area (Å²) in [5.74, 6) is -0.346. The summed E-state index contributed by atoms with van der Waals surface area (Å²) in [7, 11) is 0. The van der Waals surface area contributed by atoms with E-state index in [4.69, 9.17) is 9.90 Å². The van der Waals surface area contributed by atoms with Gasteiger partial charge in [-0.25, -0.2) is 4.98 Å². The highest BCUT2D eigenvalue weighted by Gasteiger charge is 2.36. The van der Waals surface area contributed by atoms with E-state index in [2.05, 4.69) is 20.5 Å². The first-order chi connectivity index (χ1) is 14.8. The van der Waals surface area contributed by atoms with E-state index >= 15 is 0 Å². The molecule has 11 heteroatoms. The Morgan fingerprint density at radius 1 is 1.42 bits per heavy atom. The van der Waals surface area contributed by atoms with E-state index in [0.717, 1.165) is 21.9 Å². The van der Waals surface area contributed by atoms with Crippen LogP contribution in [0.4, 0.5) is 5.13 Å². The average Bonchev–Trinajstić information content (AvgIpc) is 3.45. The fraction of sp³-hybridized carbons (Fsp3) is 0.400. The van der Waals surface area contributed by atoms with Gasteiger partial charge in [0.2, 0.25) is 16.9 Å². The third-order valence-electron chi connectivity index (χ3n) is 4.90. The minimum Gasteiger partial charge on any atom is -0.483 e. The van der Waals surface area contributed by atoms with Gasteiger partial charge in [-0.15, -0.1) is 10.2 Å². The highest BCUT2D eigenvalue weighted by molar-refractivity contribution is 7.15. The summed E-state index contributed by atoms with van der Waals surface area (Å²) in [6.45, 7) is 6.53. The van der Waals surface area contributed by atoms with E-state index in [9.17, 15) is 9.59 Å². The molecule has 10 nitrogen and oxygen atoms in total. The number of nitrogens with one attached hydrogen (secondary N) is 1. The predicted molar refractivity (Wildman–Crippen MR) is 115 cm³/mol. The SMILES string of the molecule is Cc1cccn2c(CNC(=O)C3CC(=O)N(c4nnc(C(C)C)s4)C3)cnc12.O=CO. The van der Waals surface area contributed by atoms with Crippen LogP contribution in [-0.4, -0.2) is 49.5 Å². The molecule has 0 aromatic carbocycles. The summed E-state index contributed by atoms with van der Waals surface area (Å²) in [6.07, 6.45) is 3.89. The molecule has 2 amide bonds. The first kappa shape index (κ1) is 22.3. The van der Waals surface area contributed by atoms with Crippen molar-refractivity contribution in [3.8, 4) is 0 Å². The van der Waals surface area contributed by atoms with Crippen molar-refractivity contribution in [2.75, 3.05) is 11.4 Å². The number of hydrogen-bond acceptors (Lipinski definition) is 7. The molecule has 0 bridgehead atoms. The Morgan fingerprint density at radius 3 is 2.84 bits per heavy atom. The Hall–Kier alpha value is -3.34. The normalized spacial score (nSPS) is 15.8. The van der Waals surface area contributed by atoms with Crippen LogP contribution in [0, 0.1) is 12.8 Å². The Balaban J connectivity index is 0.000000858. The largest absolute Gasteiger partial charge is 0.483 e. The molecule has 4 heterocycles. The third-order valence-corrected chi connectivity index (χ3v) is 6.15. The number of imidazole rings is 1. The predicted octanol–water partition coefficient (Wildman–Crippen LogP) is 1.99. The minimum atomic E-state index is -0.389. The number of pyridine rings is 1. The lowest BCUT2D eigenvalue weighted by molar-refractivity contribution is -0.126. The van der Waals surface area contributed by atoms with Gasteiger partial charge in [-0.05, 0) is 18.6 Å². The third kappa shape index (κ3) is 4.88. The topological polar surface area (TPSA) is 130 Å². The molecule has 1 saturated heterocycles. The molecule has 4 rings (SSSR count).